The predicted molar refractivity (Wildman–Crippen MR) is 122 cm³/mol. The van der Waals surface area contributed by atoms with Gasteiger partial charge in [0, 0.05) is 29.9 Å². The molecule has 3 heterocycles. The van der Waals surface area contributed by atoms with Gasteiger partial charge in [-0.25, -0.2) is 4.98 Å². The lowest BCUT2D eigenvalue weighted by Crippen LogP contribution is -2.65. The van der Waals surface area contributed by atoms with Gasteiger partial charge in [0.2, 0.25) is 0 Å². The summed E-state index contributed by atoms with van der Waals surface area (Å²) in [6.07, 6.45) is 5.66. The second-order valence-corrected chi connectivity index (χ2v) is 9.71. The number of ether oxygens (including phenoxy) is 3. The summed E-state index contributed by atoms with van der Waals surface area (Å²) in [7, 11) is 2.19. The van der Waals surface area contributed by atoms with Crippen molar-refractivity contribution in [3.63, 3.8) is 0 Å². The maximum absolute atomic E-state index is 11.8. The molecule has 1 aromatic carbocycles. The van der Waals surface area contributed by atoms with Crippen LogP contribution in [0.4, 0.5) is 0 Å². The van der Waals surface area contributed by atoms with Gasteiger partial charge in [-0.15, -0.1) is 0 Å². The molecule has 1 aromatic heterocycles. The van der Waals surface area contributed by atoms with E-state index in [0.29, 0.717) is 23.2 Å². The first kappa shape index (κ1) is 21.6. The molecule has 1 fully saturated rings. The molecule has 2 aromatic rings. The van der Waals surface area contributed by atoms with Gasteiger partial charge in [0.05, 0.1) is 18.9 Å². The van der Waals surface area contributed by atoms with Crippen LogP contribution in [-0.2, 0) is 34.6 Å². The number of carbonyl (C=O) groups is 1. The number of nitrogens with zero attached hydrogens (tertiary/aromatic N) is 2. The summed E-state index contributed by atoms with van der Waals surface area (Å²) in [5.41, 5.74) is 3.03. The minimum atomic E-state index is -0.371. The van der Waals surface area contributed by atoms with Gasteiger partial charge in [-0.1, -0.05) is 18.2 Å². The zero-order chi connectivity index (χ0) is 23.6. The zero-order valence-corrected chi connectivity index (χ0v) is 19.2. The average Bonchev–Trinajstić information content (AvgIpc) is 3.17. The van der Waals surface area contributed by atoms with Crippen molar-refractivity contribution in [3.05, 3.63) is 58.9 Å². The molecule has 0 saturated carbocycles. The van der Waals surface area contributed by atoms with Crippen LogP contribution in [0.1, 0.15) is 35.9 Å². The average molecular weight is 465 g/mol. The number of pyridine rings is 1. The van der Waals surface area contributed by atoms with Gasteiger partial charge in [-0.2, -0.15) is 0 Å². The summed E-state index contributed by atoms with van der Waals surface area (Å²) < 4.78 is 18.5. The number of hydrogen-bond donors (Lipinski definition) is 2. The van der Waals surface area contributed by atoms with Gasteiger partial charge in [-0.3, -0.25) is 4.79 Å². The van der Waals surface area contributed by atoms with Crippen molar-refractivity contribution < 1.29 is 29.2 Å². The Morgan fingerprint density at radius 2 is 2.15 bits per heavy atom. The molecule has 6 rings (SSSR count). The Bertz CT molecular complexity index is 1200. The summed E-state index contributed by atoms with van der Waals surface area (Å²) in [5, 5.41) is 19.2. The molecule has 2 aliphatic carbocycles. The van der Waals surface area contributed by atoms with E-state index in [1.165, 1.54) is 24.1 Å². The van der Waals surface area contributed by atoms with Crippen molar-refractivity contribution >= 4 is 5.97 Å². The van der Waals surface area contributed by atoms with E-state index in [-0.39, 0.29) is 54.2 Å². The molecule has 5 atom stereocenters. The Hall–Kier alpha value is -2.94. The third-order valence-corrected chi connectivity index (χ3v) is 7.95. The fourth-order valence-corrected chi connectivity index (χ4v) is 6.51. The number of aliphatic hydroxyl groups is 1. The monoisotopic (exact) mass is 464 g/mol. The van der Waals surface area contributed by atoms with Crippen LogP contribution in [0.3, 0.4) is 0 Å². The maximum Gasteiger partial charge on any atom is 0.308 e. The van der Waals surface area contributed by atoms with E-state index in [1.807, 2.05) is 6.07 Å². The number of likely N-dealkylation sites (tertiary alicyclic amines) is 1. The Balaban J connectivity index is 1.38. The highest BCUT2D eigenvalue weighted by Gasteiger charge is 2.64. The van der Waals surface area contributed by atoms with Crippen molar-refractivity contribution in [3.8, 4) is 17.2 Å². The molecule has 0 unspecified atom stereocenters. The molecule has 0 radical (unpaired) electrons. The van der Waals surface area contributed by atoms with Crippen LogP contribution in [0.15, 0.2) is 36.4 Å². The number of benzene rings is 1. The van der Waals surface area contributed by atoms with Crippen molar-refractivity contribution in [1.29, 1.82) is 0 Å². The van der Waals surface area contributed by atoms with Crippen molar-refractivity contribution in [2.45, 2.75) is 56.6 Å². The second kappa shape index (κ2) is 7.80. The topological polar surface area (TPSA) is 101 Å². The van der Waals surface area contributed by atoms with Crippen molar-refractivity contribution in [1.82, 2.24) is 9.88 Å². The van der Waals surface area contributed by atoms with Crippen LogP contribution in [0.2, 0.25) is 0 Å². The van der Waals surface area contributed by atoms with E-state index >= 15 is 0 Å². The molecule has 8 nitrogen and oxygen atoms in total. The second-order valence-electron chi connectivity index (χ2n) is 9.71. The lowest BCUT2D eigenvalue weighted by molar-refractivity contribution is -0.132. The van der Waals surface area contributed by atoms with Gasteiger partial charge >= 0.3 is 5.97 Å². The molecule has 34 heavy (non-hydrogen) atoms. The van der Waals surface area contributed by atoms with Crippen LogP contribution in [0.25, 0.3) is 0 Å². The number of aromatic hydroxyl groups is 1. The van der Waals surface area contributed by atoms with Crippen LogP contribution in [-0.4, -0.2) is 57.9 Å². The van der Waals surface area contributed by atoms with E-state index < -0.39 is 0 Å². The van der Waals surface area contributed by atoms with Crippen LogP contribution < -0.4 is 9.47 Å². The molecule has 1 saturated heterocycles. The van der Waals surface area contributed by atoms with E-state index in [2.05, 4.69) is 35.1 Å². The minimum Gasteiger partial charge on any atom is -0.506 e. The Kier molecular flexibility index (Phi) is 4.95. The molecule has 1 spiro atoms. The first-order valence-corrected chi connectivity index (χ1v) is 11.7. The number of aromatic nitrogens is 1. The fourth-order valence-electron chi connectivity index (χ4n) is 6.51. The fraction of sp³-hybridized carbons (Fsp3) is 0.462. The highest BCUT2D eigenvalue weighted by molar-refractivity contribution is 5.72. The van der Waals surface area contributed by atoms with Gasteiger partial charge in [0.25, 0.3) is 0 Å². The highest BCUT2D eigenvalue weighted by Crippen LogP contribution is 2.62. The molecule has 2 bridgehead atoms. The van der Waals surface area contributed by atoms with Crippen molar-refractivity contribution in [2.75, 3.05) is 13.6 Å². The van der Waals surface area contributed by atoms with Gasteiger partial charge < -0.3 is 29.3 Å². The van der Waals surface area contributed by atoms with Crippen LogP contribution >= 0.6 is 0 Å². The molecule has 2 aliphatic heterocycles. The van der Waals surface area contributed by atoms with Crippen LogP contribution in [0.5, 0.6) is 17.2 Å². The third-order valence-electron chi connectivity index (χ3n) is 7.95. The SMILES string of the molecule is CC(=O)Oc1ccc2c3c1O[C@H]1[C@@H](OCc4ccc(O)c(CO)n4)C=C[C@H]4[C@@H](C2)N(C)CC[C@@]341. The molecule has 2 N–H and O–H groups in total. The number of aliphatic hydroxyl groups excluding tert-OH is 1. The molecular formula is C26H28N2O6. The lowest BCUT2D eigenvalue weighted by atomic mass is 9.53. The summed E-state index contributed by atoms with van der Waals surface area (Å²) in [5.74, 6) is 1.02. The van der Waals surface area contributed by atoms with E-state index in [1.54, 1.807) is 6.07 Å². The van der Waals surface area contributed by atoms with E-state index in [9.17, 15) is 15.0 Å². The van der Waals surface area contributed by atoms with Gasteiger partial charge in [0.15, 0.2) is 11.5 Å². The number of rotatable bonds is 5. The Labute approximate surface area is 197 Å². The first-order valence-electron chi connectivity index (χ1n) is 11.7. The number of likely N-dealkylation sites (N-methyl/N-ethyl adjacent to an activating group) is 1. The van der Waals surface area contributed by atoms with Crippen molar-refractivity contribution in [2.24, 2.45) is 5.92 Å². The number of carbonyl (C=O) groups excluding carboxylic acids is 1. The largest absolute Gasteiger partial charge is 0.506 e. The van der Waals surface area contributed by atoms with Gasteiger partial charge in [0.1, 0.15) is 23.7 Å². The summed E-state index contributed by atoms with van der Waals surface area (Å²) in [6, 6.07) is 7.51. The number of hydrogen-bond acceptors (Lipinski definition) is 8. The Morgan fingerprint density at radius 3 is 2.94 bits per heavy atom. The molecular weight excluding hydrogens is 436 g/mol. The Morgan fingerprint density at radius 1 is 1.29 bits per heavy atom. The number of piperidine rings is 1. The lowest BCUT2D eigenvalue weighted by Gasteiger charge is -2.56. The molecule has 4 aliphatic rings. The molecule has 8 heteroatoms. The summed E-state index contributed by atoms with van der Waals surface area (Å²) >= 11 is 0. The van der Waals surface area contributed by atoms with E-state index in [4.69, 9.17) is 14.2 Å². The zero-order valence-electron chi connectivity index (χ0n) is 19.2. The van der Waals surface area contributed by atoms with Crippen LogP contribution in [0, 0.1) is 5.92 Å². The molecule has 0 amide bonds. The smallest absolute Gasteiger partial charge is 0.308 e. The van der Waals surface area contributed by atoms with E-state index in [0.717, 1.165) is 19.4 Å². The highest BCUT2D eigenvalue weighted by atomic mass is 16.6. The van der Waals surface area contributed by atoms with Gasteiger partial charge in [-0.05, 0) is 50.2 Å². The quantitative estimate of drug-likeness (QED) is 0.395. The maximum atomic E-state index is 11.8. The summed E-state index contributed by atoms with van der Waals surface area (Å²) in [6.45, 7) is 2.23. The third kappa shape index (κ3) is 3.02. The number of esters is 1. The predicted octanol–water partition coefficient (Wildman–Crippen LogP) is 2.24. The minimum absolute atomic E-state index is 0.0368. The molecule has 178 valence electrons. The first-order chi connectivity index (χ1) is 16.4. The normalized spacial score (nSPS) is 30.6. The summed E-state index contributed by atoms with van der Waals surface area (Å²) in [4.78, 5) is 18.5. The standard InChI is InChI=1S/C26H28N2O6/c1-14(30)33-21-7-3-15-11-19-17-5-8-22(32-13-16-4-6-20(31)18(12-29)27-16)25-26(17,9-10-28(19)2)23(15)24(21)34-25/h3-8,17,19,22,25,29,31H,9-13H2,1-2H3/t17-,19+,22-,25-,26-/m0/s1.